The lowest BCUT2D eigenvalue weighted by atomic mass is 10.1. The van der Waals surface area contributed by atoms with E-state index in [1.807, 2.05) is 69.2 Å². The molecule has 0 spiro atoms. The molecule has 32 heavy (non-hydrogen) atoms. The van der Waals surface area contributed by atoms with Crippen molar-refractivity contribution in [1.29, 1.82) is 0 Å². The van der Waals surface area contributed by atoms with Gasteiger partial charge in [-0.3, -0.25) is 4.79 Å². The molecule has 1 fully saturated rings. The highest BCUT2D eigenvalue weighted by Gasteiger charge is 2.36. The minimum Gasteiger partial charge on any atom is -0.451 e. The molecule has 1 aliphatic rings. The van der Waals surface area contributed by atoms with Crippen molar-refractivity contribution in [1.82, 2.24) is 4.90 Å². The molecule has 8 heteroatoms. The fourth-order valence-corrected chi connectivity index (χ4v) is 6.05. The summed E-state index contributed by atoms with van der Waals surface area (Å²) in [7, 11) is 0.769. The Morgan fingerprint density at radius 3 is 2.44 bits per heavy atom. The molecule has 1 unspecified atom stereocenters. The van der Waals surface area contributed by atoms with Crippen molar-refractivity contribution >= 4 is 44.0 Å². The standard InChI is InChI=1S/C24H27ClN2O4S/c1-15-11-22-20(12-21(15)25)16(2)23(31-22)24(28)27(19-9-10-32(29,30)14-19)13-17-5-7-18(8-6-17)26(3)4/h5-8,11-12,19H,9-10,13-14H2,1-4H3. The minimum absolute atomic E-state index is 0.0290. The van der Waals surface area contributed by atoms with Crippen LogP contribution in [0.15, 0.2) is 40.8 Å². The maximum absolute atomic E-state index is 13.7. The van der Waals surface area contributed by atoms with Crippen molar-refractivity contribution in [3.05, 3.63) is 63.9 Å². The molecule has 2 aromatic carbocycles. The fourth-order valence-electron chi connectivity index (χ4n) is 4.16. The third-order valence-corrected chi connectivity index (χ3v) is 8.28. The first kappa shape index (κ1) is 22.7. The van der Waals surface area contributed by atoms with Crippen LogP contribution in [0.1, 0.15) is 33.7 Å². The van der Waals surface area contributed by atoms with Gasteiger partial charge in [0.05, 0.1) is 11.5 Å². The molecular weight excluding hydrogens is 448 g/mol. The molecule has 0 radical (unpaired) electrons. The first-order chi connectivity index (χ1) is 15.1. The summed E-state index contributed by atoms with van der Waals surface area (Å²) >= 11 is 6.28. The van der Waals surface area contributed by atoms with Gasteiger partial charge in [-0.1, -0.05) is 23.7 Å². The number of hydrogen-bond acceptors (Lipinski definition) is 5. The van der Waals surface area contributed by atoms with Gasteiger partial charge in [-0.2, -0.15) is 0 Å². The Hall–Kier alpha value is -2.51. The second-order valence-corrected chi connectivity index (χ2v) is 11.3. The lowest BCUT2D eigenvalue weighted by Gasteiger charge is -2.28. The van der Waals surface area contributed by atoms with Crippen LogP contribution < -0.4 is 4.90 Å². The monoisotopic (exact) mass is 474 g/mol. The molecule has 0 aliphatic carbocycles. The SMILES string of the molecule is Cc1cc2oc(C(=O)N(Cc3ccc(N(C)C)cc3)C3CCS(=O)(=O)C3)c(C)c2cc1Cl. The third-order valence-electron chi connectivity index (χ3n) is 6.13. The van der Waals surface area contributed by atoms with Crippen LogP contribution in [0.2, 0.25) is 5.02 Å². The molecule has 4 rings (SSSR count). The number of rotatable bonds is 5. The average molecular weight is 475 g/mol. The summed E-state index contributed by atoms with van der Waals surface area (Å²) in [6.07, 6.45) is 0.425. The second-order valence-electron chi connectivity index (χ2n) is 8.70. The number of nitrogens with zero attached hydrogens (tertiary/aromatic N) is 2. The Labute approximate surface area is 193 Å². The number of benzene rings is 2. The summed E-state index contributed by atoms with van der Waals surface area (Å²) in [5.41, 5.74) is 4.16. The summed E-state index contributed by atoms with van der Waals surface area (Å²) in [4.78, 5) is 17.3. The van der Waals surface area contributed by atoms with Crippen molar-refractivity contribution < 1.29 is 17.6 Å². The third kappa shape index (κ3) is 4.36. The number of fused-ring (bicyclic) bond motifs is 1. The maximum Gasteiger partial charge on any atom is 0.290 e. The van der Waals surface area contributed by atoms with Crippen LogP contribution >= 0.6 is 11.6 Å². The topological polar surface area (TPSA) is 70.8 Å². The van der Waals surface area contributed by atoms with E-state index in [9.17, 15) is 13.2 Å². The van der Waals surface area contributed by atoms with Crippen LogP contribution in [-0.2, 0) is 16.4 Å². The van der Waals surface area contributed by atoms with Gasteiger partial charge in [0.25, 0.3) is 5.91 Å². The van der Waals surface area contributed by atoms with Crippen molar-refractivity contribution in [3.8, 4) is 0 Å². The van der Waals surface area contributed by atoms with Gasteiger partial charge in [-0.25, -0.2) is 8.42 Å². The molecule has 2 heterocycles. The summed E-state index contributed by atoms with van der Waals surface area (Å²) in [6, 6.07) is 11.2. The number of halogens is 1. The van der Waals surface area contributed by atoms with Gasteiger partial charge in [0.1, 0.15) is 5.58 Å². The molecule has 0 N–H and O–H groups in total. The van der Waals surface area contributed by atoms with Gasteiger partial charge < -0.3 is 14.2 Å². The zero-order valence-electron chi connectivity index (χ0n) is 18.7. The van der Waals surface area contributed by atoms with E-state index in [0.29, 0.717) is 29.1 Å². The molecule has 3 aromatic rings. The average Bonchev–Trinajstić information content (AvgIpc) is 3.25. The van der Waals surface area contributed by atoms with E-state index in [4.69, 9.17) is 16.0 Å². The predicted molar refractivity (Wildman–Crippen MR) is 128 cm³/mol. The number of furan rings is 1. The summed E-state index contributed by atoms with van der Waals surface area (Å²) in [5.74, 6) is -0.00431. The molecule has 170 valence electrons. The van der Waals surface area contributed by atoms with E-state index in [2.05, 4.69) is 0 Å². The quantitative estimate of drug-likeness (QED) is 0.540. The van der Waals surface area contributed by atoms with E-state index in [-0.39, 0.29) is 29.2 Å². The van der Waals surface area contributed by atoms with Gasteiger partial charge in [-0.05, 0) is 55.7 Å². The molecule has 1 atom stereocenters. The summed E-state index contributed by atoms with van der Waals surface area (Å²) in [6.45, 7) is 4.03. The largest absolute Gasteiger partial charge is 0.451 e. The number of carbonyl (C=O) groups is 1. The highest BCUT2D eigenvalue weighted by Crippen LogP contribution is 2.32. The Morgan fingerprint density at radius 1 is 1.16 bits per heavy atom. The molecule has 0 saturated carbocycles. The van der Waals surface area contributed by atoms with E-state index in [1.54, 1.807) is 4.90 Å². The van der Waals surface area contributed by atoms with Gasteiger partial charge >= 0.3 is 0 Å². The normalized spacial score (nSPS) is 17.6. The van der Waals surface area contributed by atoms with E-state index in [0.717, 1.165) is 22.2 Å². The first-order valence-electron chi connectivity index (χ1n) is 10.5. The van der Waals surface area contributed by atoms with Crippen LogP contribution in [0.3, 0.4) is 0 Å². The molecule has 0 bridgehead atoms. The predicted octanol–water partition coefficient (Wildman–Crippen LogP) is 4.60. The Bertz CT molecular complexity index is 1280. The van der Waals surface area contributed by atoms with Crippen molar-refractivity contribution in [2.75, 3.05) is 30.5 Å². The minimum atomic E-state index is -3.16. The smallest absolute Gasteiger partial charge is 0.290 e. The molecule has 1 saturated heterocycles. The van der Waals surface area contributed by atoms with Gasteiger partial charge in [0.15, 0.2) is 15.6 Å². The number of aryl methyl sites for hydroxylation is 2. The Morgan fingerprint density at radius 2 is 1.84 bits per heavy atom. The number of anilines is 1. The van der Waals surface area contributed by atoms with Crippen LogP contribution in [0.4, 0.5) is 5.69 Å². The van der Waals surface area contributed by atoms with Crippen LogP contribution in [0.25, 0.3) is 11.0 Å². The van der Waals surface area contributed by atoms with Crippen molar-refractivity contribution in [3.63, 3.8) is 0 Å². The van der Waals surface area contributed by atoms with E-state index < -0.39 is 9.84 Å². The lowest BCUT2D eigenvalue weighted by Crippen LogP contribution is -2.40. The highest BCUT2D eigenvalue weighted by molar-refractivity contribution is 7.91. The highest BCUT2D eigenvalue weighted by atomic mass is 35.5. The van der Waals surface area contributed by atoms with Crippen LogP contribution in [0.5, 0.6) is 0 Å². The van der Waals surface area contributed by atoms with Gasteiger partial charge in [0.2, 0.25) is 0 Å². The number of carbonyl (C=O) groups excluding carboxylic acids is 1. The van der Waals surface area contributed by atoms with E-state index in [1.165, 1.54) is 0 Å². The first-order valence-corrected chi connectivity index (χ1v) is 12.7. The molecule has 1 aromatic heterocycles. The van der Waals surface area contributed by atoms with Crippen molar-refractivity contribution in [2.24, 2.45) is 0 Å². The molecule has 1 amide bonds. The lowest BCUT2D eigenvalue weighted by molar-refractivity contribution is 0.0649. The zero-order chi connectivity index (χ0) is 23.2. The molecule has 6 nitrogen and oxygen atoms in total. The Kier molecular flexibility index (Phi) is 5.98. The van der Waals surface area contributed by atoms with Crippen LogP contribution in [-0.4, -0.2) is 50.9 Å². The van der Waals surface area contributed by atoms with Gasteiger partial charge in [-0.15, -0.1) is 0 Å². The molecular formula is C24H27ClN2O4S. The maximum atomic E-state index is 13.7. The zero-order valence-corrected chi connectivity index (χ0v) is 20.3. The Balaban J connectivity index is 1.72. The fraction of sp³-hybridized carbons (Fsp3) is 0.375. The second kappa shape index (κ2) is 8.45. The van der Waals surface area contributed by atoms with Crippen LogP contribution in [0, 0.1) is 13.8 Å². The van der Waals surface area contributed by atoms with Crippen molar-refractivity contribution in [2.45, 2.75) is 32.9 Å². The number of hydrogen-bond donors (Lipinski definition) is 0. The van der Waals surface area contributed by atoms with E-state index >= 15 is 0 Å². The number of amides is 1. The summed E-state index contributed by atoms with van der Waals surface area (Å²) in [5, 5.41) is 1.40. The molecule has 1 aliphatic heterocycles. The number of sulfone groups is 1. The summed E-state index contributed by atoms with van der Waals surface area (Å²) < 4.78 is 30.3. The van der Waals surface area contributed by atoms with Gasteiger partial charge in [0, 0.05) is 48.3 Å².